The summed E-state index contributed by atoms with van der Waals surface area (Å²) in [7, 11) is 0. The van der Waals surface area contributed by atoms with E-state index in [1.807, 2.05) is 0 Å². The van der Waals surface area contributed by atoms with Crippen LogP contribution in [0.15, 0.2) is 24.3 Å². The summed E-state index contributed by atoms with van der Waals surface area (Å²) < 4.78 is 12.7. The SMILES string of the molecule is CC(C)CNCC(C)(O)Cc1ccc(F)cc1. The molecule has 0 spiro atoms. The van der Waals surface area contributed by atoms with E-state index in [1.54, 1.807) is 19.1 Å². The molecule has 0 aromatic heterocycles. The molecule has 1 atom stereocenters. The number of rotatable bonds is 6. The monoisotopic (exact) mass is 239 g/mol. The molecule has 0 aliphatic heterocycles. The van der Waals surface area contributed by atoms with Crippen LogP contribution in [0.5, 0.6) is 0 Å². The van der Waals surface area contributed by atoms with E-state index in [0.717, 1.165) is 12.1 Å². The predicted molar refractivity (Wildman–Crippen MR) is 68.4 cm³/mol. The summed E-state index contributed by atoms with van der Waals surface area (Å²) >= 11 is 0. The molecule has 0 fully saturated rings. The molecule has 1 aromatic rings. The minimum atomic E-state index is -0.799. The van der Waals surface area contributed by atoms with Crippen LogP contribution in [0.1, 0.15) is 26.3 Å². The van der Waals surface area contributed by atoms with Gasteiger partial charge in [-0.1, -0.05) is 26.0 Å². The molecular formula is C14H22FNO. The van der Waals surface area contributed by atoms with E-state index in [4.69, 9.17) is 0 Å². The van der Waals surface area contributed by atoms with Crippen molar-refractivity contribution in [3.05, 3.63) is 35.6 Å². The van der Waals surface area contributed by atoms with Crippen molar-refractivity contribution in [1.82, 2.24) is 5.32 Å². The maximum Gasteiger partial charge on any atom is 0.123 e. The number of halogens is 1. The molecule has 1 rings (SSSR count). The van der Waals surface area contributed by atoms with E-state index in [-0.39, 0.29) is 5.82 Å². The Labute approximate surface area is 103 Å². The number of hydrogen-bond donors (Lipinski definition) is 2. The van der Waals surface area contributed by atoms with E-state index >= 15 is 0 Å². The first kappa shape index (κ1) is 14.1. The van der Waals surface area contributed by atoms with Crippen LogP contribution in [0, 0.1) is 11.7 Å². The zero-order valence-corrected chi connectivity index (χ0v) is 10.8. The van der Waals surface area contributed by atoms with Gasteiger partial charge in [-0.2, -0.15) is 0 Å². The van der Waals surface area contributed by atoms with Gasteiger partial charge in [-0.3, -0.25) is 0 Å². The van der Waals surface area contributed by atoms with Crippen molar-refractivity contribution >= 4 is 0 Å². The van der Waals surface area contributed by atoms with Gasteiger partial charge in [0.25, 0.3) is 0 Å². The second-order valence-electron chi connectivity index (χ2n) is 5.32. The number of aliphatic hydroxyl groups is 1. The first-order valence-electron chi connectivity index (χ1n) is 6.06. The van der Waals surface area contributed by atoms with Crippen molar-refractivity contribution < 1.29 is 9.50 Å². The van der Waals surface area contributed by atoms with E-state index in [9.17, 15) is 9.50 Å². The average molecular weight is 239 g/mol. The Kier molecular flexibility index (Phi) is 5.09. The lowest BCUT2D eigenvalue weighted by Gasteiger charge is -2.24. The third-order valence-electron chi connectivity index (χ3n) is 2.56. The fourth-order valence-corrected chi connectivity index (χ4v) is 1.73. The molecular weight excluding hydrogens is 217 g/mol. The first-order chi connectivity index (χ1) is 7.89. The van der Waals surface area contributed by atoms with Gasteiger partial charge in [0.15, 0.2) is 0 Å². The first-order valence-corrected chi connectivity index (χ1v) is 6.06. The molecule has 0 heterocycles. The highest BCUT2D eigenvalue weighted by molar-refractivity contribution is 5.18. The van der Waals surface area contributed by atoms with Crippen LogP contribution in [0.25, 0.3) is 0 Å². The topological polar surface area (TPSA) is 32.3 Å². The van der Waals surface area contributed by atoms with Crippen molar-refractivity contribution in [1.29, 1.82) is 0 Å². The maximum absolute atomic E-state index is 12.7. The summed E-state index contributed by atoms with van der Waals surface area (Å²) in [5.74, 6) is 0.322. The quantitative estimate of drug-likeness (QED) is 0.798. The third kappa shape index (κ3) is 5.80. The Bertz CT molecular complexity index is 333. The Hall–Kier alpha value is -0.930. The van der Waals surface area contributed by atoms with Crippen LogP contribution in [-0.4, -0.2) is 23.8 Å². The van der Waals surface area contributed by atoms with Gasteiger partial charge in [-0.25, -0.2) is 4.39 Å². The number of benzene rings is 1. The molecule has 1 aromatic carbocycles. The second kappa shape index (κ2) is 6.12. The van der Waals surface area contributed by atoms with Crippen LogP contribution >= 0.6 is 0 Å². The molecule has 0 radical (unpaired) electrons. The fraction of sp³-hybridized carbons (Fsp3) is 0.571. The summed E-state index contributed by atoms with van der Waals surface area (Å²) in [5.41, 5.74) is 0.148. The highest BCUT2D eigenvalue weighted by Gasteiger charge is 2.20. The molecule has 0 saturated heterocycles. The average Bonchev–Trinajstić information content (AvgIpc) is 2.20. The van der Waals surface area contributed by atoms with Crippen molar-refractivity contribution in [3.63, 3.8) is 0 Å². The summed E-state index contributed by atoms with van der Waals surface area (Å²) in [6.07, 6.45) is 0.526. The number of nitrogens with one attached hydrogen (secondary N) is 1. The highest BCUT2D eigenvalue weighted by atomic mass is 19.1. The predicted octanol–water partition coefficient (Wildman–Crippen LogP) is 2.36. The molecule has 0 aliphatic rings. The van der Waals surface area contributed by atoms with Crippen LogP contribution in [-0.2, 0) is 6.42 Å². The molecule has 0 aliphatic carbocycles. The zero-order chi connectivity index (χ0) is 12.9. The largest absolute Gasteiger partial charge is 0.389 e. The van der Waals surface area contributed by atoms with Gasteiger partial charge in [-0.15, -0.1) is 0 Å². The van der Waals surface area contributed by atoms with Crippen LogP contribution in [0.3, 0.4) is 0 Å². The van der Waals surface area contributed by atoms with Gasteiger partial charge in [0.05, 0.1) is 5.60 Å². The highest BCUT2D eigenvalue weighted by Crippen LogP contribution is 2.13. The number of hydrogen-bond acceptors (Lipinski definition) is 2. The molecule has 1 unspecified atom stereocenters. The summed E-state index contributed by atoms with van der Waals surface area (Å²) in [6.45, 7) is 7.48. The van der Waals surface area contributed by atoms with Crippen molar-refractivity contribution in [2.75, 3.05) is 13.1 Å². The summed E-state index contributed by atoms with van der Waals surface area (Å²) in [4.78, 5) is 0. The van der Waals surface area contributed by atoms with E-state index in [1.165, 1.54) is 12.1 Å². The van der Waals surface area contributed by atoms with Gasteiger partial charge in [0.2, 0.25) is 0 Å². The minimum Gasteiger partial charge on any atom is -0.389 e. The van der Waals surface area contributed by atoms with E-state index in [0.29, 0.717) is 18.9 Å². The van der Waals surface area contributed by atoms with Crippen LogP contribution < -0.4 is 5.32 Å². The molecule has 2 nitrogen and oxygen atoms in total. The van der Waals surface area contributed by atoms with Crippen LogP contribution in [0.2, 0.25) is 0 Å². The Morgan fingerprint density at radius 3 is 2.41 bits per heavy atom. The second-order valence-corrected chi connectivity index (χ2v) is 5.32. The Morgan fingerprint density at radius 1 is 1.29 bits per heavy atom. The molecule has 0 amide bonds. The lowest BCUT2D eigenvalue weighted by Crippen LogP contribution is -2.40. The lowest BCUT2D eigenvalue weighted by atomic mass is 9.96. The summed E-state index contributed by atoms with van der Waals surface area (Å²) in [5, 5.41) is 13.4. The molecule has 96 valence electrons. The molecule has 2 N–H and O–H groups in total. The minimum absolute atomic E-state index is 0.244. The summed E-state index contributed by atoms with van der Waals surface area (Å²) in [6, 6.07) is 6.28. The van der Waals surface area contributed by atoms with Crippen molar-refractivity contribution in [2.45, 2.75) is 32.8 Å². The van der Waals surface area contributed by atoms with Gasteiger partial charge in [0, 0.05) is 13.0 Å². The van der Waals surface area contributed by atoms with E-state index < -0.39 is 5.60 Å². The van der Waals surface area contributed by atoms with Crippen molar-refractivity contribution in [2.24, 2.45) is 5.92 Å². The molecule has 3 heteroatoms. The van der Waals surface area contributed by atoms with Crippen molar-refractivity contribution in [3.8, 4) is 0 Å². The smallest absolute Gasteiger partial charge is 0.123 e. The van der Waals surface area contributed by atoms with Gasteiger partial charge >= 0.3 is 0 Å². The van der Waals surface area contributed by atoms with Gasteiger partial charge in [-0.05, 0) is 37.1 Å². The van der Waals surface area contributed by atoms with Gasteiger partial charge < -0.3 is 10.4 Å². The lowest BCUT2D eigenvalue weighted by molar-refractivity contribution is 0.0595. The van der Waals surface area contributed by atoms with Gasteiger partial charge in [0.1, 0.15) is 5.82 Å². The Morgan fingerprint density at radius 2 is 1.88 bits per heavy atom. The molecule has 0 bridgehead atoms. The van der Waals surface area contributed by atoms with E-state index in [2.05, 4.69) is 19.2 Å². The normalized spacial score (nSPS) is 14.9. The zero-order valence-electron chi connectivity index (χ0n) is 10.8. The molecule has 17 heavy (non-hydrogen) atoms. The Balaban J connectivity index is 2.45. The third-order valence-corrected chi connectivity index (χ3v) is 2.56. The maximum atomic E-state index is 12.7. The fourth-order valence-electron chi connectivity index (χ4n) is 1.73. The molecule has 0 saturated carbocycles. The standard InChI is InChI=1S/C14H22FNO/c1-11(2)9-16-10-14(3,17)8-12-4-6-13(15)7-5-12/h4-7,11,16-17H,8-10H2,1-3H3. The van der Waals surface area contributed by atoms with Crippen LogP contribution in [0.4, 0.5) is 4.39 Å².